The molecule has 0 radical (unpaired) electrons. The number of aryl methyl sites for hydroxylation is 1. The minimum Gasteiger partial charge on any atom is -0.459 e. The van der Waals surface area contributed by atoms with E-state index < -0.39 is 10.9 Å². The normalized spacial score (nSPS) is 10.4. The highest BCUT2D eigenvalue weighted by molar-refractivity contribution is 5.89. The van der Waals surface area contributed by atoms with Gasteiger partial charge in [-0.15, -0.1) is 0 Å². The van der Waals surface area contributed by atoms with Crippen LogP contribution in [0.15, 0.2) is 36.5 Å². The van der Waals surface area contributed by atoms with Gasteiger partial charge in [0, 0.05) is 11.6 Å². The van der Waals surface area contributed by atoms with Crippen molar-refractivity contribution in [2.45, 2.75) is 26.9 Å². The summed E-state index contributed by atoms with van der Waals surface area (Å²) >= 11 is 0. The Morgan fingerprint density at radius 3 is 2.43 bits per heavy atom. The lowest BCUT2D eigenvalue weighted by atomic mass is 10.2. The van der Waals surface area contributed by atoms with Gasteiger partial charge in [0.15, 0.2) is 0 Å². The van der Waals surface area contributed by atoms with E-state index in [1.54, 1.807) is 45.0 Å². The fourth-order valence-electron chi connectivity index (χ4n) is 1.81. The fourth-order valence-corrected chi connectivity index (χ4v) is 1.81. The molecule has 1 aromatic carbocycles. The summed E-state index contributed by atoms with van der Waals surface area (Å²) in [6, 6.07) is 7.77. The highest BCUT2D eigenvalue weighted by atomic mass is 16.6. The zero-order valence-electron chi connectivity index (χ0n) is 13.0. The van der Waals surface area contributed by atoms with Crippen LogP contribution < -0.4 is 4.74 Å². The summed E-state index contributed by atoms with van der Waals surface area (Å²) in [5, 5.41) is 10.7. The predicted octanol–water partition coefficient (Wildman–Crippen LogP) is 3.66. The number of esters is 1. The number of benzene rings is 1. The number of pyridine rings is 1. The van der Waals surface area contributed by atoms with Crippen LogP contribution in [0.25, 0.3) is 0 Å². The first-order valence-corrected chi connectivity index (χ1v) is 6.96. The van der Waals surface area contributed by atoms with Gasteiger partial charge < -0.3 is 9.47 Å². The van der Waals surface area contributed by atoms with Gasteiger partial charge in [-0.1, -0.05) is 0 Å². The second-order valence-electron chi connectivity index (χ2n) is 5.15. The SMILES string of the molecule is Cc1cc([N+](=O)[O-])cnc1Oc1ccc(C(=O)OC(C)C)cc1. The van der Waals surface area contributed by atoms with E-state index in [9.17, 15) is 14.9 Å². The molecule has 0 saturated carbocycles. The Hall–Kier alpha value is -2.96. The van der Waals surface area contributed by atoms with Gasteiger partial charge in [0.25, 0.3) is 5.69 Å². The third kappa shape index (κ3) is 4.26. The van der Waals surface area contributed by atoms with Crippen LogP contribution in [-0.4, -0.2) is 22.0 Å². The van der Waals surface area contributed by atoms with Crippen LogP contribution in [0.5, 0.6) is 11.6 Å². The van der Waals surface area contributed by atoms with Crippen molar-refractivity contribution in [1.82, 2.24) is 4.98 Å². The summed E-state index contributed by atoms with van der Waals surface area (Å²) < 4.78 is 10.7. The van der Waals surface area contributed by atoms with Crippen molar-refractivity contribution in [3.8, 4) is 11.6 Å². The zero-order chi connectivity index (χ0) is 17.0. The number of hydrogen-bond acceptors (Lipinski definition) is 6. The van der Waals surface area contributed by atoms with Crippen LogP contribution in [0.1, 0.15) is 29.8 Å². The minimum atomic E-state index is -0.515. The highest BCUT2D eigenvalue weighted by Crippen LogP contribution is 2.25. The Kier molecular flexibility index (Phi) is 4.90. The summed E-state index contributed by atoms with van der Waals surface area (Å²) in [5.74, 6) is 0.333. The summed E-state index contributed by atoms with van der Waals surface area (Å²) in [6.07, 6.45) is 0.946. The molecule has 0 unspecified atom stereocenters. The first-order chi connectivity index (χ1) is 10.9. The molecule has 1 heterocycles. The molecule has 120 valence electrons. The molecule has 0 aliphatic rings. The van der Waals surface area contributed by atoms with Crippen molar-refractivity contribution in [2.75, 3.05) is 0 Å². The van der Waals surface area contributed by atoms with E-state index in [1.165, 1.54) is 6.07 Å². The maximum atomic E-state index is 11.7. The third-order valence-electron chi connectivity index (χ3n) is 2.87. The Morgan fingerprint density at radius 2 is 1.91 bits per heavy atom. The van der Waals surface area contributed by atoms with E-state index in [0.29, 0.717) is 16.9 Å². The molecule has 0 spiro atoms. The molecular weight excluding hydrogens is 300 g/mol. The smallest absolute Gasteiger partial charge is 0.338 e. The molecule has 0 saturated heterocycles. The standard InChI is InChI=1S/C16H16N2O5/c1-10(2)22-16(19)12-4-6-14(7-5-12)23-15-11(3)8-13(9-17-15)18(20)21/h4-10H,1-3H3. The van der Waals surface area contributed by atoms with E-state index in [4.69, 9.17) is 9.47 Å². The van der Waals surface area contributed by atoms with Gasteiger partial charge in [0.1, 0.15) is 11.9 Å². The second-order valence-corrected chi connectivity index (χ2v) is 5.15. The van der Waals surface area contributed by atoms with Crippen LogP contribution >= 0.6 is 0 Å². The minimum absolute atomic E-state index is 0.0957. The highest BCUT2D eigenvalue weighted by Gasteiger charge is 2.12. The third-order valence-corrected chi connectivity index (χ3v) is 2.87. The van der Waals surface area contributed by atoms with Crippen molar-refractivity contribution < 1.29 is 19.2 Å². The summed E-state index contributed by atoms with van der Waals surface area (Å²) in [6.45, 7) is 5.22. The quantitative estimate of drug-likeness (QED) is 0.475. The van der Waals surface area contributed by atoms with Crippen molar-refractivity contribution in [1.29, 1.82) is 0 Å². The number of nitrogens with zero attached hydrogens (tertiary/aromatic N) is 2. The zero-order valence-corrected chi connectivity index (χ0v) is 13.0. The number of carbonyl (C=O) groups is 1. The molecule has 2 aromatic rings. The Morgan fingerprint density at radius 1 is 1.26 bits per heavy atom. The van der Waals surface area contributed by atoms with Gasteiger partial charge in [-0.05, 0) is 45.0 Å². The van der Waals surface area contributed by atoms with Crippen molar-refractivity contribution >= 4 is 11.7 Å². The van der Waals surface area contributed by atoms with Crippen LogP contribution in [0.4, 0.5) is 5.69 Å². The molecule has 0 N–H and O–H groups in total. The average molecular weight is 316 g/mol. The van der Waals surface area contributed by atoms with Gasteiger partial charge in [0.05, 0.1) is 16.6 Å². The average Bonchev–Trinajstić information content (AvgIpc) is 2.49. The maximum Gasteiger partial charge on any atom is 0.338 e. The van der Waals surface area contributed by atoms with E-state index in [2.05, 4.69) is 4.98 Å². The van der Waals surface area contributed by atoms with Crippen LogP contribution in [-0.2, 0) is 4.74 Å². The Labute approximate surface area is 133 Å². The molecule has 0 atom stereocenters. The van der Waals surface area contributed by atoms with E-state index in [0.717, 1.165) is 6.20 Å². The lowest BCUT2D eigenvalue weighted by Gasteiger charge is -2.09. The molecule has 7 heteroatoms. The number of aromatic nitrogens is 1. The number of hydrogen-bond donors (Lipinski definition) is 0. The van der Waals surface area contributed by atoms with E-state index in [-0.39, 0.29) is 17.7 Å². The first-order valence-electron chi connectivity index (χ1n) is 6.96. The van der Waals surface area contributed by atoms with Crippen molar-refractivity contribution in [3.05, 3.63) is 57.8 Å². The van der Waals surface area contributed by atoms with Gasteiger partial charge in [-0.3, -0.25) is 10.1 Å². The van der Waals surface area contributed by atoms with Crippen molar-refractivity contribution in [3.63, 3.8) is 0 Å². The molecular formula is C16H16N2O5. The molecule has 0 fully saturated rings. The van der Waals surface area contributed by atoms with Crippen LogP contribution in [0.3, 0.4) is 0 Å². The molecule has 1 aromatic heterocycles. The molecule has 23 heavy (non-hydrogen) atoms. The molecule has 0 aliphatic heterocycles. The van der Waals surface area contributed by atoms with Gasteiger partial charge in [0.2, 0.25) is 5.88 Å². The van der Waals surface area contributed by atoms with Gasteiger partial charge >= 0.3 is 5.97 Å². The molecule has 0 aliphatic carbocycles. The van der Waals surface area contributed by atoms with Crippen molar-refractivity contribution in [2.24, 2.45) is 0 Å². The fraction of sp³-hybridized carbons (Fsp3) is 0.250. The Balaban J connectivity index is 2.12. The maximum absolute atomic E-state index is 11.7. The first kappa shape index (κ1) is 16.4. The summed E-state index contributed by atoms with van der Waals surface area (Å²) in [5.41, 5.74) is 0.864. The van der Waals surface area contributed by atoms with Crippen LogP contribution in [0, 0.1) is 17.0 Å². The largest absolute Gasteiger partial charge is 0.459 e. The predicted molar refractivity (Wildman–Crippen MR) is 82.7 cm³/mol. The monoisotopic (exact) mass is 316 g/mol. The lowest BCUT2D eigenvalue weighted by Crippen LogP contribution is -2.11. The summed E-state index contributed by atoms with van der Waals surface area (Å²) in [7, 11) is 0. The lowest BCUT2D eigenvalue weighted by molar-refractivity contribution is -0.385. The van der Waals surface area contributed by atoms with Gasteiger partial charge in [-0.25, -0.2) is 9.78 Å². The van der Waals surface area contributed by atoms with E-state index >= 15 is 0 Å². The number of ether oxygens (including phenoxy) is 2. The molecule has 2 rings (SSSR count). The number of rotatable bonds is 5. The number of carbonyl (C=O) groups excluding carboxylic acids is 1. The van der Waals surface area contributed by atoms with Gasteiger partial charge in [-0.2, -0.15) is 0 Å². The summed E-state index contributed by atoms with van der Waals surface area (Å²) in [4.78, 5) is 25.8. The second kappa shape index (κ2) is 6.87. The molecule has 7 nitrogen and oxygen atoms in total. The molecule has 0 amide bonds. The number of nitro groups is 1. The topological polar surface area (TPSA) is 91.6 Å². The molecule has 0 bridgehead atoms. The Bertz CT molecular complexity index is 726. The van der Waals surface area contributed by atoms with Crippen LogP contribution in [0.2, 0.25) is 0 Å². The van der Waals surface area contributed by atoms with E-state index in [1.807, 2.05) is 0 Å².